The Morgan fingerprint density at radius 3 is 3.05 bits per heavy atom. The Kier molecular flexibility index (Phi) is 4.63. The molecule has 0 fully saturated rings. The zero-order valence-corrected chi connectivity index (χ0v) is 11.3. The van der Waals surface area contributed by atoms with Crippen molar-refractivity contribution in [1.82, 2.24) is 0 Å². The maximum absolute atomic E-state index is 11.4. The van der Waals surface area contributed by atoms with Gasteiger partial charge in [0.2, 0.25) is 5.91 Å². The lowest BCUT2D eigenvalue weighted by Crippen LogP contribution is -2.19. The van der Waals surface area contributed by atoms with E-state index in [0.29, 0.717) is 6.42 Å². The van der Waals surface area contributed by atoms with Crippen molar-refractivity contribution in [2.75, 3.05) is 36.1 Å². The van der Waals surface area contributed by atoms with Gasteiger partial charge >= 0.3 is 0 Å². The fourth-order valence-corrected chi connectivity index (χ4v) is 2.14. The normalized spacial score (nSPS) is 13.8. The van der Waals surface area contributed by atoms with E-state index < -0.39 is 0 Å². The molecule has 0 bridgehead atoms. The quantitative estimate of drug-likeness (QED) is 0.542. The summed E-state index contributed by atoms with van der Waals surface area (Å²) in [6, 6.07) is 3.86. The minimum Gasteiger partial charge on any atom is -0.397 e. The summed E-state index contributed by atoms with van der Waals surface area (Å²) >= 11 is 0. The van der Waals surface area contributed by atoms with Crippen LogP contribution in [0.1, 0.15) is 25.3 Å². The van der Waals surface area contributed by atoms with Crippen LogP contribution in [0.25, 0.3) is 0 Å². The molecule has 0 unspecified atom stereocenters. The van der Waals surface area contributed by atoms with Gasteiger partial charge in [-0.3, -0.25) is 4.79 Å². The van der Waals surface area contributed by atoms with Crippen molar-refractivity contribution in [3.63, 3.8) is 0 Å². The van der Waals surface area contributed by atoms with Crippen LogP contribution in [0.2, 0.25) is 0 Å². The molecule has 5 nitrogen and oxygen atoms in total. The number of anilines is 3. The molecule has 1 heterocycles. The SMILES string of the molecule is CCOCCCNc1cc2c(cc1N)CCC(=O)N2. The number of hydrogen-bond donors (Lipinski definition) is 3. The van der Waals surface area contributed by atoms with E-state index in [2.05, 4.69) is 10.6 Å². The van der Waals surface area contributed by atoms with Crippen LogP contribution < -0.4 is 16.4 Å². The van der Waals surface area contributed by atoms with E-state index in [4.69, 9.17) is 10.5 Å². The summed E-state index contributed by atoms with van der Waals surface area (Å²) in [6.45, 7) is 4.27. The maximum atomic E-state index is 11.4. The first-order chi connectivity index (χ1) is 9.20. The van der Waals surface area contributed by atoms with Crippen molar-refractivity contribution in [2.45, 2.75) is 26.2 Å². The highest BCUT2D eigenvalue weighted by molar-refractivity contribution is 5.95. The summed E-state index contributed by atoms with van der Waals surface area (Å²) in [5.41, 5.74) is 9.60. The molecule has 1 aromatic rings. The summed E-state index contributed by atoms with van der Waals surface area (Å²) in [4.78, 5) is 11.4. The molecule has 0 aliphatic carbocycles. The Morgan fingerprint density at radius 1 is 1.42 bits per heavy atom. The minimum atomic E-state index is 0.0690. The zero-order valence-electron chi connectivity index (χ0n) is 11.3. The van der Waals surface area contributed by atoms with Gasteiger partial charge in [-0.15, -0.1) is 0 Å². The molecule has 0 radical (unpaired) electrons. The van der Waals surface area contributed by atoms with Crippen LogP contribution in [0.15, 0.2) is 12.1 Å². The monoisotopic (exact) mass is 263 g/mol. The first-order valence-electron chi connectivity index (χ1n) is 6.74. The Labute approximate surface area is 113 Å². The van der Waals surface area contributed by atoms with Gasteiger partial charge < -0.3 is 21.1 Å². The standard InChI is InChI=1S/C14H21N3O2/c1-2-19-7-3-6-16-13-9-12-10(8-11(13)15)4-5-14(18)17-12/h8-9,16H,2-7,15H2,1H3,(H,17,18). The molecule has 0 saturated carbocycles. The van der Waals surface area contributed by atoms with Crippen molar-refractivity contribution >= 4 is 23.0 Å². The molecule has 1 aliphatic rings. The number of ether oxygens (including phenoxy) is 1. The number of hydrogen-bond acceptors (Lipinski definition) is 4. The highest BCUT2D eigenvalue weighted by atomic mass is 16.5. The lowest BCUT2D eigenvalue weighted by atomic mass is 10.0. The number of carbonyl (C=O) groups is 1. The lowest BCUT2D eigenvalue weighted by molar-refractivity contribution is -0.116. The Morgan fingerprint density at radius 2 is 2.26 bits per heavy atom. The summed E-state index contributed by atoms with van der Waals surface area (Å²) < 4.78 is 5.28. The van der Waals surface area contributed by atoms with Crippen LogP contribution in [0.5, 0.6) is 0 Å². The maximum Gasteiger partial charge on any atom is 0.224 e. The number of fused-ring (bicyclic) bond motifs is 1. The number of nitrogen functional groups attached to an aromatic ring is 1. The van der Waals surface area contributed by atoms with Crippen molar-refractivity contribution in [3.05, 3.63) is 17.7 Å². The van der Waals surface area contributed by atoms with Crippen molar-refractivity contribution in [2.24, 2.45) is 0 Å². The number of rotatable bonds is 6. The molecule has 0 atom stereocenters. The predicted molar refractivity (Wildman–Crippen MR) is 77.4 cm³/mol. The lowest BCUT2D eigenvalue weighted by Gasteiger charge is -2.19. The zero-order chi connectivity index (χ0) is 13.7. The summed E-state index contributed by atoms with van der Waals surface area (Å²) in [5.74, 6) is 0.0690. The molecule has 0 saturated heterocycles. The van der Waals surface area contributed by atoms with Crippen molar-refractivity contribution < 1.29 is 9.53 Å². The minimum absolute atomic E-state index is 0.0690. The highest BCUT2D eigenvalue weighted by Crippen LogP contribution is 2.30. The van der Waals surface area contributed by atoms with Crippen LogP contribution in [-0.4, -0.2) is 25.7 Å². The number of nitrogens with one attached hydrogen (secondary N) is 2. The van der Waals surface area contributed by atoms with Gasteiger partial charge in [0.05, 0.1) is 11.4 Å². The molecule has 0 aromatic heterocycles. The first-order valence-corrected chi connectivity index (χ1v) is 6.74. The second-order valence-corrected chi connectivity index (χ2v) is 4.62. The van der Waals surface area contributed by atoms with Gasteiger partial charge in [-0.05, 0) is 37.5 Å². The summed E-state index contributed by atoms with van der Waals surface area (Å²) in [7, 11) is 0. The van der Waals surface area contributed by atoms with E-state index in [0.717, 1.165) is 55.2 Å². The molecule has 1 aromatic carbocycles. The number of amides is 1. The van der Waals surface area contributed by atoms with Gasteiger partial charge in [0, 0.05) is 31.9 Å². The van der Waals surface area contributed by atoms with E-state index in [9.17, 15) is 4.79 Å². The molecule has 1 amide bonds. The van der Waals surface area contributed by atoms with Crippen LogP contribution in [-0.2, 0) is 16.0 Å². The molecule has 1 aliphatic heterocycles. The van der Waals surface area contributed by atoms with Crippen LogP contribution >= 0.6 is 0 Å². The number of carbonyl (C=O) groups excluding carboxylic acids is 1. The second-order valence-electron chi connectivity index (χ2n) is 4.62. The fourth-order valence-electron chi connectivity index (χ4n) is 2.14. The van der Waals surface area contributed by atoms with Crippen LogP contribution in [0.4, 0.5) is 17.1 Å². The molecule has 4 N–H and O–H groups in total. The van der Waals surface area contributed by atoms with E-state index in [1.165, 1.54) is 0 Å². The van der Waals surface area contributed by atoms with E-state index in [-0.39, 0.29) is 5.91 Å². The third-order valence-electron chi connectivity index (χ3n) is 3.16. The summed E-state index contributed by atoms with van der Waals surface area (Å²) in [6.07, 6.45) is 2.22. The third kappa shape index (κ3) is 3.61. The largest absolute Gasteiger partial charge is 0.397 e. The van der Waals surface area contributed by atoms with Gasteiger partial charge in [0.25, 0.3) is 0 Å². The van der Waals surface area contributed by atoms with Gasteiger partial charge in [-0.25, -0.2) is 0 Å². The number of benzene rings is 1. The average Bonchev–Trinajstić information content (AvgIpc) is 2.39. The Bertz CT molecular complexity index is 460. The molecule has 2 rings (SSSR count). The Balaban J connectivity index is 1.97. The second kappa shape index (κ2) is 6.43. The smallest absolute Gasteiger partial charge is 0.224 e. The predicted octanol–water partition coefficient (Wildman–Crippen LogP) is 1.99. The van der Waals surface area contributed by atoms with Crippen molar-refractivity contribution in [3.8, 4) is 0 Å². The van der Waals surface area contributed by atoms with Gasteiger partial charge in [0.15, 0.2) is 0 Å². The van der Waals surface area contributed by atoms with Gasteiger partial charge in [-0.2, -0.15) is 0 Å². The third-order valence-corrected chi connectivity index (χ3v) is 3.16. The van der Waals surface area contributed by atoms with Gasteiger partial charge in [0.1, 0.15) is 0 Å². The Hall–Kier alpha value is -1.75. The van der Waals surface area contributed by atoms with E-state index in [1.54, 1.807) is 0 Å². The van der Waals surface area contributed by atoms with Crippen molar-refractivity contribution in [1.29, 1.82) is 0 Å². The molecule has 104 valence electrons. The molecule has 0 spiro atoms. The average molecular weight is 263 g/mol. The fraction of sp³-hybridized carbons (Fsp3) is 0.500. The molecular formula is C14H21N3O2. The van der Waals surface area contributed by atoms with E-state index in [1.807, 2.05) is 19.1 Å². The molecule has 19 heavy (non-hydrogen) atoms. The van der Waals surface area contributed by atoms with E-state index >= 15 is 0 Å². The number of aryl methyl sites for hydroxylation is 1. The number of nitrogens with two attached hydrogens (primary N) is 1. The molecule has 5 heteroatoms. The topological polar surface area (TPSA) is 76.4 Å². The molecular weight excluding hydrogens is 242 g/mol. The van der Waals surface area contributed by atoms with Crippen LogP contribution in [0, 0.1) is 0 Å². The highest BCUT2D eigenvalue weighted by Gasteiger charge is 2.16. The summed E-state index contributed by atoms with van der Waals surface area (Å²) in [5, 5.41) is 6.16. The first kappa shape index (κ1) is 13.7. The van der Waals surface area contributed by atoms with Crippen LogP contribution in [0.3, 0.4) is 0 Å². The van der Waals surface area contributed by atoms with Gasteiger partial charge in [-0.1, -0.05) is 0 Å².